The first-order valence-electron chi connectivity index (χ1n) is 4.43. The highest BCUT2D eigenvalue weighted by Crippen LogP contribution is 2.28. The molecule has 0 fully saturated rings. The van der Waals surface area contributed by atoms with Gasteiger partial charge in [-0.3, -0.25) is 4.79 Å². The second-order valence-electron chi connectivity index (χ2n) is 2.72. The van der Waals surface area contributed by atoms with E-state index >= 15 is 0 Å². The third-order valence-corrected chi connectivity index (χ3v) is 1.76. The van der Waals surface area contributed by atoms with Gasteiger partial charge in [0.05, 0.1) is 12.8 Å². The summed E-state index contributed by atoms with van der Waals surface area (Å²) >= 11 is 0. The molecule has 0 aliphatic carbocycles. The summed E-state index contributed by atoms with van der Waals surface area (Å²) in [6.07, 6.45) is 2.23. The van der Waals surface area contributed by atoms with Gasteiger partial charge >= 0.3 is 0 Å². The van der Waals surface area contributed by atoms with Gasteiger partial charge in [0.25, 0.3) is 0 Å². The molecule has 0 aliphatic rings. The minimum absolute atomic E-state index is 0.376. The van der Waals surface area contributed by atoms with Gasteiger partial charge in [0.1, 0.15) is 18.1 Å². The van der Waals surface area contributed by atoms with Crippen LogP contribution in [0.1, 0.15) is 0 Å². The fraction of sp³-hybridized carbons (Fsp3) is 0.182. The van der Waals surface area contributed by atoms with Gasteiger partial charge in [-0.25, -0.2) is 0 Å². The smallest absolute Gasteiger partial charge is 0.211 e. The lowest BCUT2D eigenvalue weighted by atomic mass is 10.2. The Morgan fingerprint density at radius 3 is 2.93 bits per heavy atom. The van der Waals surface area contributed by atoms with Crippen molar-refractivity contribution >= 4 is 12.1 Å². The molecule has 1 rings (SSSR count). The molecule has 4 heteroatoms. The van der Waals surface area contributed by atoms with Gasteiger partial charge in [-0.2, -0.15) is 0 Å². The molecule has 15 heavy (non-hydrogen) atoms. The van der Waals surface area contributed by atoms with E-state index in [9.17, 15) is 4.79 Å². The molecular weight excluding hydrogens is 194 g/mol. The predicted molar refractivity (Wildman–Crippen MR) is 58.4 cm³/mol. The van der Waals surface area contributed by atoms with Crippen molar-refractivity contribution in [2.24, 2.45) is 0 Å². The van der Waals surface area contributed by atoms with E-state index in [1.165, 1.54) is 0 Å². The fourth-order valence-corrected chi connectivity index (χ4v) is 1.08. The monoisotopic (exact) mass is 207 g/mol. The third kappa shape index (κ3) is 3.02. The first-order chi connectivity index (χ1) is 7.31. The molecule has 0 spiro atoms. The molecule has 1 N–H and O–H groups in total. The number of amides is 1. The Bertz CT molecular complexity index is 350. The summed E-state index contributed by atoms with van der Waals surface area (Å²) in [5.41, 5.74) is 0.604. The maximum Gasteiger partial charge on any atom is 0.211 e. The van der Waals surface area contributed by atoms with Gasteiger partial charge in [-0.15, -0.1) is 0 Å². The lowest BCUT2D eigenvalue weighted by molar-refractivity contribution is -0.105. The summed E-state index contributed by atoms with van der Waals surface area (Å²) in [6.45, 7) is 3.92. The quantitative estimate of drug-likeness (QED) is 0.571. The number of hydrogen-bond donors (Lipinski definition) is 1. The van der Waals surface area contributed by atoms with Gasteiger partial charge in [-0.05, 0) is 12.1 Å². The molecule has 0 bridgehead atoms. The van der Waals surface area contributed by atoms with E-state index in [-0.39, 0.29) is 0 Å². The molecule has 1 aromatic rings. The Labute approximate surface area is 88.5 Å². The van der Waals surface area contributed by atoms with Gasteiger partial charge in [-0.1, -0.05) is 12.7 Å². The van der Waals surface area contributed by atoms with E-state index in [1.807, 2.05) is 0 Å². The first kappa shape index (κ1) is 11.1. The largest absolute Gasteiger partial charge is 0.497 e. The molecule has 4 nitrogen and oxygen atoms in total. The number of carbonyl (C=O) groups is 1. The zero-order valence-corrected chi connectivity index (χ0v) is 8.53. The predicted octanol–water partition coefficient (Wildman–Crippen LogP) is 1.83. The standard InChI is InChI=1S/C11H13NO3/c1-3-6-15-11-7-9(14-2)4-5-10(11)12-8-13/h3-5,7-8H,1,6H2,2H3,(H,12,13). The maximum atomic E-state index is 10.3. The molecule has 0 heterocycles. The Hall–Kier alpha value is -1.97. The maximum absolute atomic E-state index is 10.3. The number of carbonyl (C=O) groups excluding carboxylic acids is 1. The molecular formula is C11H13NO3. The van der Waals surface area contributed by atoms with Crippen molar-refractivity contribution in [3.8, 4) is 11.5 Å². The van der Waals surface area contributed by atoms with E-state index in [0.29, 0.717) is 30.2 Å². The van der Waals surface area contributed by atoms with Crippen molar-refractivity contribution < 1.29 is 14.3 Å². The lowest BCUT2D eigenvalue weighted by Crippen LogP contribution is -2.00. The average Bonchev–Trinajstić information content (AvgIpc) is 2.28. The molecule has 0 saturated carbocycles. The van der Waals surface area contributed by atoms with Gasteiger partial charge in [0.2, 0.25) is 6.41 Å². The van der Waals surface area contributed by atoms with Gasteiger partial charge in [0.15, 0.2) is 0 Å². The summed E-state index contributed by atoms with van der Waals surface area (Å²) < 4.78 is 10.4. The Morgan fingerprint density at radius 2 is 2.33 bits per heavy atom. The van der Waals surface area contributed by atoms with Crippen LogP contribution in [0.5, 0.6) is 11.5 Å². The summed E-state index contributed by atoms with van der Waals surface area (Å²) in [4.78, 5) is 10.3. The number of nitrogens with one attached hydrogen (secondary N) is 1. The summed E-state index contributed by atoms with van der Waals surface area (Å²) in [6, 6.07) is 5.16. The van der Waals surface area contributed by atoms with Crippen molar-refractivity contribution in [3.63, 3.8) is 0 Å². The van der Waals surface area contributed by atoms with Crippen LogP contribution in [-0.4, -0.2) is 20.1 Å². The molecule has 0 atom stereocenters. The minimum Gasteiger partial charge on any atom is -0.497 e. The van der Waals surface area contributed by atoms with Crippen LogP contribution in [0.4, 0.5) is 5.69 Å². The number of rotatable bonds is 6. The summed E-state index contributed by atoms with van der Waals surface area (Å²) in [5.74, 6) is 1.23. The lowest BCUT2D eigenvalue weighted by Gasteiger charge is -2.10. The van der Waals surface area contributed by atoms with Crippen molar-refractivity contribution in [2.45, 2.75) is 0 Å². The first-order valence-corrected chi connectivity index (χ1v) is 4.43. The van der Waals surface area contributed by atoms with E-state index in [2.05, 4.69) is 11.9 Å². The third-order valence-electron chi connectivity index (χ3n) is 1.76. The fourth-order valence-electron chi connectivity index (χ4n) is 1.08. The molecule has 1 amide bonds. The average molecular weight is 207 g/mol. The highest BCUT2D eigenvalue weighted by atomic mass is 16.5. The van der Waals surface area contributed by atoms with Crippen molar-refractivity contribution in [1.29, 1.82) is 0 Å². The van der Waals surface area contributed by atoms with Crippen LogP contribution in [0.25, 0.3) is 0 Å². The van der Waals surface area contributed by atoms with Crippen molar-refractivity contribution in [2.75, 3.05) is 19.0 Å². The Morgan fingerprint density at radius 1 is 1.53 bits per heavy atom. The number of ether oxygens (including phenoxy) is 2. The summed E-state index contributed by atoms with van der Waals surface area (Å²) in [7, 11) is 1.57. The van der Waals surface area contributed by atoms with E-state index in [0.717, 1.165) is 0 Å². The van der Waals surface area contributed by atoms with Crippen LogP contribution in [-0.2, 0) is 4.79 Å². The summed E-state index contributed by atoms with van der Waals surface area (Å²) in [5, 5.41) is 2.54. The number of methoxy groups -OCH3 is 1. The Kier molecular flexibility index (Phi) is 4.22. The van der Waals surface area contributed by atoms with E-state index in [4.69, 9.17) is 9.47 Å². The molecule has 0 radical (unpaired) electrons. The molecule has 0 saturated heterocycles. The second-order valence-corrected chi connectivity index (χ2v) is 2.72. The van der Waals surface area contributed by atoms with Crippen molar-refractivity contribution in [3.05, 3.63) is 30.9 Å². The highest BCUT2D eigenvalue weighted by Gasteiger charge is 2.04. The van der Waals surface area contributed by atoms with Crippen LogP contribution >= 0.6 is 0 Å². The number of hydrogen-bond acceptors (Lipinski definition) is 3. The molecule has 0 unspecified atom stereocenters. The van der Waals surface area contributed by atoms with Gasteiger partial charge < -0.3 is 14.8 Å². The topological polar surface area (TPSA) is 47.6 Å². The normalized spacial score (nSPS) is 9.13. The van der Waals surface area contributed by atoms with Crippen LogP contribution in [0, 0.1) is 0 Å². The van der Waals surface area contributed by atoms with Crippen LogP contribution < -0.4 is 14.8 Å². The molecule has 0 aromatic heterocycles. The minimum atomic E-state index is 0.376. The Balaban J connectivity index is 2.92. The van der Waals surface area contributed by atoms with Crippen LogP contribution in [0.3, 0.4) is 0 Å². The highest BCUT2D eigenvalue weighted by molar-refractivity contribution is 5.76. The van der Waals surface area contributed by atoms with Crippen molar-refractivity contribution in [1.82, 2.24) is 0 Å². The number of benzene rings is 1. The van der Waals surface area contributed by atoms with E-state index in [1.54, 1.807) is 31.4 Å². The van der Waals surface area contributed by atoms with Crippen LogP contribution in [0.2, 0.25) is 0 Å². The van der Waals surface area contributed by atoms with Crippen LogP contribution in [0.15, 0.2) is 30.9 Å². The zero-order chi connectivity index (χ0) is 11.1. The zero-order valence-electron chi connectivity index (χ0n) is 8.53. The molecule has 0 aliphatic heterocycles. The number of anilines is 1. The molecule has 1 aromatic carbocycles. The SMILES string of the molecule is C=CCOc1cc(OC)ccc1NC=O. The van der Waals surface area contributed by atoms with Gasteiger partial charge in [0, 0.05) is 6.07 Å². The van der Waals surface area contributed by atoms with E-state index < -0.39 is 0 Å². The second kappa shape index (κ2) is 5.70. The molecule has 80 valence electrons.